The van der Waals surface area contributed by atoms with Crippen molar-refractivity contribution < 1.29 is 24.2 Å². The summed E-state index contributed by atoms with van der Waals surface area (Å²) in [6.07, 6.45) is 1.97. The summed E-state index contributed by atoms with van der Waals surface area (Å²) in [4.78, 5) is 25.3. The van der Waals surface area contributed by atoms with Gasteiger partial charge < -0.3 is 14.6 Å². The smallest absolute Gasteiger partial charge is 0.326 e. The van der Waals surface area contributed by atoms with Crippen LogP contribution in [0.25, 0.3) is 6.08 Å². The van der Waals surface area contributed by atoms with Crippen LogP contribution in [0, 0.1) is 0 Å². The van der Waals surface area contributed by atoms with E-state index in [1.54, 1.807) is 31.2 Å². The van der Waals surface area contributed by atoms with Crippen molar-refractivity contribution in [1.82, 2.24) is 4.90 Å². The molecule has 1 aromatic rings. The van der Waals surface area contributed by atoms with Crippen LogP contribution in [0.1, 0.15) is 18.9 Å². The molecule has 0 bridgehead atoms. The van der Waals surface area contributed by atoms with Crippen LogP contribution in [0.2, 0.25) is 0 Å². The van der Waals surface area contributed by atoms with Crippen molar-refractivity contribution in [3.05, 3.63) is 28.7 Å². The number of hydrogen-bond donors (Lipinski definition) is 1. The molecule has 2 aliphatic heterocycles. The van der Waals surface area contributed by atoms with E-state index in [1.165, 1.54) is 4.90 Å². The largest absolute Gasteiger partial charge is 0.480 e. The summed E-state index contributed by atoms with van der Waals surface area (Å²) in [5.41, 5.74) is 0.762. The van der Waals surface area contributed by atoms with Crippen molar-refractivity contribution in [3.63, 3.8) is 0 Å². The standard InChI is InChI=1S/C15H13NO5S2/c1-2-9(14(18)19)16-13(17)12(23-15(16)22)6-8-3-4-10-11(5-8)21-7-20-10/h3-6,9H,2,7H2,1H3,(H,18,19). The summed E-state index contributed by atoms with van der Waals surface area (Å²) in [5.74, 6) is -0.169. The maximum Gasteiger partial charge on any atom is 0.326 e. The average molecular weight is 351 g/mol. The van der Waals surface area contributed by atoms with Gasteiger partial charge in [0.2, 0.25) is 6.79 Å². The normalized spacial score (nSPS) is 19.5. The Morgan fingerprint density at radius 2 is 2.22 bits per heavy atom. The van der Waals surface area contributed by atoms with Gasteiger partial charge in [-0.3, -0.25) is 9.69 Å². The molecule has 0 aliphatic carbocycles. The molecule has 6 nitrogen and oxygen atoms in total. The van der Waals surface area contributed by atoms with Gasteiger partial charge in [0.25, 0.3) is 5.91 Å². The lowest BCUT2D eigenvalue weighted by Gasteiger charge is -2.21. The Kier molecular flexibility index (Phi) is 4.27. The molecule has 1 saturated heterocycles. The fourth-order valence-electron chi connectivity index (χ4n) is 2.37. The lowest BCUT2D eigenvalue weighted by Crippen LogP contribution is -2.43. The number of fused-ring (bicyclic) bond motifs is 1. The van der Waals surface area contributed by atoms with E-state index < -0.39 is 12.0 Å². The zero-order valence-corrected chi connectivity index (χ0v) is 13.8. The van der Waals surface area contributed by atoms with Gasteiger partial charge in [0.05, 0.1) is 4.91 Å². The van der Waals surface area contributed by atoms with Crippen LogP contribution < -0.4 is 9.47 Å². The lowest BCUT2D eigenvalue weighted by molar-refractivity contribution is -0.145. The maximum atomic E-state index is 12.5. The molecule has 0 saturated carbocycles. The summed E-state index contributed by atoms with van der Waals surface area (Å²) in [7, 11) is 0. The van der Waals surface area contributed by atoms with E-state index in [1.807, 2.05) is 0 Å². The van der Waals surface area contributed by atoms with Crippen LogP contribution in [0.4, 0.5) is 0 Å². The van der Waals surface area contributed by atoms with E-state index in [-0.39, 0.29) is 17.0 Å². The molecule has 0 aromatic heterocycles. The number of thiocarbonyl (C=S) groups is 1. The Bertz CT molecular complexity index is 731. The molecule has 1 atom stereocenters. The first-order chi connectivity index (χ1) is 11.0. The third-order valence-electron chi connectivity index (χ3n) is 3.50. The Morgan fingerprint density at radius 3 is 2.91 bits per heavy atom. The third kappa shape index (κ3) is 2.91. The maximum absolute atomic E-state index is 12.5. The fraction of sp³-hybridized carbons (Fsp3) is 0.267. The van der Waals surface area contributed by atoms with Gasteiger partial charge in [-0.05, 0) is 30.2 Å². The highest BCUT2D eigenvalue weighted by Crippen LogP contribution is 2.37. The van der Waals surface area contributed by atoms with Gasteiger partial charge in [-0.15, -0.1) is 0 Å². The van der Waals surface area contributed by atoms with Crippen molar-refractivity contribution in [1.29, 1.82) is 0 Å². The van der Waals surface area contributed by atoms with E-state index in [0.29, 0.717) is 22.8 Å². The second-order valence-corrected chi connectivity index (χ2v) is 6.60. The molecule has 1 amide bonds. The molecule has 0 spiro atoms. The lowest BCUT2D eigenvalue weighted by atomic mass is 10.1. The molecular formula is C15H13NO5S2. The number of ether oxygens (including phenoxy) is 2. The number of rotatable bonds is 4. The monoisotopic (exact) mass is 351 g/mol. The summed E-state index contributed by atoms with van der Waals surface area (Å²) < 4.78 is 10.8. The molecule has 1 fully saturated rings. The van der Waals surface area contributed by atoms with Crippen LogP contribution in [0.15, 0.2) is 23.1 Å². The van der Waals surface area contributed by atoms with E-state index in [0.717, 1.165) is 17.3 Å². The predicted octanol–water partition coefficient (Wildman–Crippen LogP) is 2.48. The van der Waals surface area contributed by atoms with E-state index in [9.17, 15) is 14.7 Å². The van der Waals surface area contributed by atoms with Crippen LogP contribution in [-0.2, 0) is 9.59 Å². The van der Waals surface area contributed by atoms with Gasteiger partial charge in [-0.1, -0.05) is 37.0 Å². The first kappa shape index (κ1) is 15.8. The highest BCUT2D eigenvalue weighted by Gasteiger charge is 2.39. The van der Waals surface area contributed by atoms with Crippen molar-refractivity contribution >= 4 is 46.3 Å². The molecule has 1 N–H and O–H groups in total. The minimum atomic E-state index is -1.06. The Labute approximate surface area is 142 Å². The van der Waals surface area contributed by atoms with E-state index in [2.05, 4.69) is 0 Å². The van der Waals surface area contributed by atoms with Crippen molar-refractivity contribution in [2.75, 3.05) is 6.79 Å². The molecule has 8 heteroatoms. The molecular weight excluding hydrogens is 338 g/mol. The number of benzene rings is 1. The number of amides is 1. The van der Waals surface area contributed by atoms with Gasteiger partial charge in [-0.25, -0.2) is 4.79 Å². The van der Waals surface area contributed by atoms with Gasteiger partial charge in [-0.2, -0.15) is 0 Å². The number of aliphatic carboxylic acids is 1. The Balaban J connectivity index is 1.88. The van der Waals surface area contributed by atoms with Crippen molar-refractivity contribution in [3.8, 4) is 11.5 Å². The highest BCUT2D eigenvalue weighted by atomic mass is 32.2. The van der Waals surface area contributed by atoms with Crippen LogP contribution in [0.3, 0.4) is 0 Å². The Morgan fingerprint density at radius 1 is 1.48 bits per heavy atom. The summed E-state index contributed by atoms with van der Waals surface area (Å²) in [6.45, 7) is 1.89. The number of thioether (sulfide) groups is 1. The molecule has 2 aliphatic rings. The molecule has 23 heavy (non-hydrogen) atoms. The molecule has 2 heterocycles. The van der Waals surface area contributed by atoms with Crippen LogP contribution >= 0.6 is 24.0 Å². The highest BCUT2D eigenvalue weighted by molar-refractivity contribution is 8.26. The zero-order chi connectivity index (χ0) is 16.6. The molecule has 1 unspecified atom stereocenters. The van der Waals surface area contributed by atoms with Crippen LogP contribution in [-0.4, -0.2) is 39.0 Å². The summed E-state index contributed by atoms with van der Waals surface area (Å²) in [6, 6.07) is 4.39. The number of hydrogen-bond acceptors (Lipinski definition) is 6. The zero-order valence-electron chi connectivity index (χ0n) is 12.1. The van der Waals surface area contributed by atoms with Gasteiger partial charge >= 0.3 is 5.97 Å². The molecule has 120 valence electrons. The van der Waals surface area contributed by atoms with Gasteiger partial charge in [0.15, 0.2) is 11.5 Å². The minimum Gasteiger partial charge on any atom is -0.480 e. The molecule has 0 radical (unpaired) electrons. The Hall–Kier alpha value is -2.06. The summed E-state index contributed by atoms with van der Waals surface area (Å²) in [5, 5.41) is 9.24. The first-order valence-electron chi connectivity index (χ1n) is 6.90. The number of nitrogens with zero attached hydrogens (tertiary/aromatic N) is 1. The summed E-state index contributed by atoms with van der Waals surface area (Å²) >= 11 is 6.28. The number of carbonyl (C=O) groups excluding carboxylic acids is 1. The average Bonchev–Trinajstić information content (AvgIpc) is 3.07. The number of carboxylic acids is 1. The second-order valence-electron chi connectivity index (χ2n) is 4.93. The van der Waals surface area contributed by atoms with Crippen molar-refractivity contribution in [2.45, 2.75) is 19.4 Å². The minimum absolute atomic E-state index is 0.178. The van der Waals surface area contributed by atoms with Crippen LogP contribution in [0.5, 0.6) is 11.5 Å². The van der Waals surface area contributed by atoms with Gasteiger partial charge in [0, 0.05) is 0 Å². The van der Waals surface area contributed by atoms with Crippen molar-refractivity contribution in [2.24, 2.45) is 0 Å². The predicted molar refractivity (Wildman–Crippen MR) is 89.3 cm³/mol. The van der Waals surface area contributed by atoms with E-state index in [4.69, 9.17) is 21.7 Å². The number of carbonyl (C=O) groups is 2. The second kappa shape index (κ2) is 6.21. The quantitative estimate of drug-likeness (QED) is 0.660. The molecule has 3 rings (SSSR count). The molecule has 1 aromatic carbocycles. The topological polar surface area (TPSA) is 76.1 Å². The third-order valence-corrected chi connectivity index (χ3v) is 4.83. The van der Waals surface area contributed by atoms with Gasteiger partial charge in [0.1, 0.15) is 10.4 Å². The van der Waals surface area contributed by atoms with E-state index >= 15 is 0 Å². The fourth-order valence-corrected chi connectivity index (χ4v) is 3.73. The first-order valence-corrected chi connectivity index (χ1v) is 8.13. The SMILES string of the molecule is CCC(C(=O)O)N1C(=O)C(=Cc2ccc3c(c2)OCO3)SC1=S. The number of carboxylic acid groups (broad SMARTS) is 1.